The molecule has 0 fully saturated rings. The molecule has 0 aliphatic rings. The van der Waals surface area contributed by atoms with E-state index in [1.807, 2.05) is 0 Å². The molecule has 0 unspecified atom stereocenters. The maximum atomic E-state index is 8.89. The molecule has 6 heteroatoms. The van der Waals surface area contributed by atoms with Gasteiger partial charge in [0.05, 0.1) is 0 Å². The lowest BCUT2D eigenvalue weighted by molar-refractivity contribution is 0.426. The van der Waals surface area contributed by atoms with Crippen LogP contribution in [0.2, 0.25) is 0 Å². The second-order valence-corrected chi connectivity index (χ2v) is 3.12. The molecule has 15 heavy (non-hydrogen) atoms. The van der Waals surface area contributed by atoms with Crippen molar-refractivity contribution in [3.8, 4) is 11.5 Å². The molecule has 5 nitrogen and oxygen atoms in total. The Morgan fingerprint density at radius 3 is 2.33 bits per heavy atom. The molecule has 0 radical (unpaired) electrons. The van der Waals surface area contributed by atoms with Crippen molar-refractivity contribution in [1.82, 2.24) is 10.2 Å². The van der Waals surface area contributed by atoms with E-state index >= 15 is 0 Å². The van der Waals surface area contributed by atoms with Crippen LogP contribution in [0.15, 0.2) is 28.7 Å². The molecule has 0 saturated carbocycles. The normalized spacial score (nSPS) is 10.3. The topological polar surface area (TPSA) is 79.4 Å². The number of hydrogen-bond acceptors (Lipinski definition) is 5. The van der Waals surface area contributed by atoms with Gasteiger partial charge in [0, 0.05) is 15.3 Å². The third-order valence-corrected chi connectivity index (χ3v) is 1.98. The van der Waals surface area contributed by atoms with Gasteiger partial charge in [-0.25, -0.2) is 0 Å². The smallest absolute Gasteiger partial charge is 0.423 e. The van der Waals surface area contributed by atoms with Crippen LogP contribution in [-0.2, 0) is 0 Å². The summed E-state index contributed by atoms with van der Waals surface area (Å²) in [6.45, 7) is 1.71. The SMILES string of the molecule is Cc1nnc(-c2ccc(B(O)O)cc2)o1.[HH].[HH]. The minimum absolute atomic E-state index is 0. The fraction of sp³-hybridized carbons (Fsp3) is 0.111. The van der Waals surface area contributed by atoms with Gasteiger partial charge in [0.15, 0.2) is 0 Å². The van der Waals surface area contributed by atoms with E-state index in [0.29, 0.717) is 17.2 Å². The average molecular weight is 208 g/mol. The lowest BCUT2D eigenvalue weighted by atomic mass is 9.80. The summed E-state index contributed by atoms with van der Waals surface area (Å²) in [6.07, 6.45) is 0. The first-order valence-corrected chi connectivity index (χ1v) is 4.43. The van der Waals surface area contributed by atoms with Crippen molar-refractivity contribution in [2.45, 2.75) is 6.92 Å². The number of aromatic nitrogens is 2. The molecule has 0 bridgehead atoms. The van der Waals surface area contributed by atoms with Gasteiger partial charge < -0.3 is 14.5 Å². The number of hydrogen-bond donors (Lipinski definition) is 2. The van der Waals surface area contributed by atoms with E-state index < -0.39 is 7.12 Å². The lowest BCUT2D eigenvalue weighted by Gasteiger charge is -1.99. The Labute approximate surface area is 89.5 Å². The van der Waals surface area contributed by atoms with Crippen LogP contribution < -0.4 is 5.46 Å². The molecule has 0 aliphatic heterocycles. The summed E-state index contributed by atoms with van der Waals surface area (Å²) in [6, 6.07) is 6.59. The van der Waals surface area contributed by atoms with Gasteiger partial charge in [0.1, 0.15) is 0 Å². The minimum atomic E-state index is -1.46. The predicted molar refractivity (Wildman–Crippen MR) is 58.5 cm³/mol. The first-order valence-electron chi connectivity index (χ1n) is 4.43. The molecule has 1 aromatic heterocycles. The minimum Gasteiger partial charge on any atom is -0.423 e. The molecule has 2 rings (SSSR count). The monoisotopic (exact) mass is 208 g/mol. The van der Waals surface area contributed by atoms with Crippen molar-refractivity contribution >= 4 is 12.6 Å². The Morgan fingerprint density at radius 1 is 1.20 bits per heavy atom. The quantitative estimate of drug-likeness (QED) is 0.690. The summed E-state index contributed by atoms with van der Waals surface area (Å²) < 4.78 is 5.22. The summed E-state index contributed by atoms with van der Waals surface area (Å²) in [5.41, 5.74) is 1.18. The molecule has 1 heterocycles. The maximum Gasteiger partial charge on any atom is 0.488 e. The largest absolute Gasteiger partial charge is 0.488 e. The summed E-state index contributed by atoms with van der Waals surface area (Å²) >= 11 is 0. The first kappa shape index (κ1) is 9.88. The second kappa shape index (κ2) is 3.84. The summed E-state index contributed by atoms with van der Waals surface area (Å²) in [7, 11) is -1.46. The van der Waals surface area contributed by atoms with Gasteiger partial charge in [-0.2, -0.15) is 0 Å². The first-order chi connectivity index (χ1) is 7.16. The van der Waals surface area contributed by atoms with Gasteiger partial charge in [-0.1, -0.05) is 12.1 Å². The van der Waals surface area contributed by atoms with E-state index in [1.165, 1.54) is 0 Å². The molecule has 1 aromatic carbocycles. The lowest BCUT2D eigenvalue weighted by Crippen LogP contribution is -2.29. The summed E-state index contributed by atoms with van der Waals surface area (Å²) in [4.78, 5) is 0. The molecule has 0 aliphatic carbocycles. The van der Waals surface area contributed by atoms with Gasteiger partial charge in [0.25, 0.3) is 0 Å². The molecule has 0 saturated heterocycles. The highest BCUT2D eigenvalue weighted by Crippen LogP contribution is 2.15. The highest BCUT2D eigenvalue weighted by Gasteiger charge is 2.11. The molecule has 80 valence electrons. The standard InChI is InChI=1S/C9H9BN2O3.2H2/c1-6-11-12-9(15-6)7-2-4-8(5-3-7)10(13)14;;/h2-5,13-14H,1H3;2*1H. The number of benzene rings is 1. The molecular formula is C9H13BN2O3. The maximum absolute atomic E-state index is 8.89. The zero-order valence-corrected chi connectivity index (χ0v) is 8.08. The third-order valence-electron chi connectivity index (χ3n) is 1.98. The Morgan fingerprint density at radius 2 is 1.87 bits per heavy atom. The van der Waals surface area contributed by atoms with E-state index in [-0.39, 0.29) is 2.85 Å². The van der Waals surface area contributed by atoms with E-state index in [4.69, 9.17) is 14.5 Å². The van der Waals surface area contributed by atoms with E-state index in [2.05, 4.69) is 10.2 Å². The van der Waals surface area contributed by atoms with Crippen LogP contribution >= 0.6 is 0 Å². The van der Waals surface area contributed by atoms with Crippen molar-refractivity contribution in [3.63, 3.8) is 0 Å². The zero-order valence-electron chi connectivity index (χ0n) is 8.08. The Kier molecular flexibility index (Phi) is 2.53. The van der Waals surface area contributed by atoms with Crippen LogP contribution in [-0.4, -0.2) is 27.4 Å². The number of aryl methyl sites for hydroxylation is 1. The molecule has 0 amide bonds. The van der Waals surface area contributed by atoms with Crippen LogP contribution in [0.3, 0.4) is 0 Å². The van der Waals surface area contributed by atoms with Gasteiger partial charge >= 0.3 is 7.12 Å². The fourth-order valence-electron chi connectivity index (χ4n) is 1.21. The highest BCUT2D eigenvalue weighted by molar-refractivity contribution is 6.58. The van der Waals surface area contributed by atoms with Crippen LogP contribution in [0.1, 0.15) is 8.74 Å². The highest BCUT2D eigenvalue weighted by atomic mass is 16.4. The molecule has 2 N–H and O–H groups in total. The average Bonchev–Trinajstić information content (AvgIpc) is 2.65. The molecule has 0 spiro atoms. The third kappa shape index (κ3) is 2.06. The van der Waals surface area contributed by atoms with Crippen molar-refractivity contribution in [3.05, 3.63) is 30.2 Å². The van der Waals surface area contributed by atoms with E-state index in [1.54, 1.807) is 31.2 Å². The van der Waals surface area contributed by atoms with Crippen LogP contribution in [0.25, 0.3) is 11.5 Å². The Hall–Kier alpha value is -1.66. The molecular weight excluding hydrogens is 195 g/mol. The Balaban J connectivity index is 0.00000128. The van der Waals surface area contributed by atoms with Gasteiger partial charge in [-0.15, -0.1) is 10.2 Å². The van der Waals surface area contributed by atoms with Gasteiger partial charge in [0.2, 0.25) is 11.8 Å². The zero-order chi connectivity index (χ0) is 10.8. The van der Waals surface area contributed by atoms with Crippen molar-refractivity contribution in [2.75, 3.05) is 0 Å². The van der Waals surface area contributed by atoms with Crippen LogP contribution in [0.4, 0.5) is 0 Å². The van der Waals surface area contributed by atoms with Gasteiger partial charge in [-0.05, 0) is 17.6 Å². The van der Waals surface area contributed by atoms with E-state index in [0.717, 1.165) is 5.56 Å². The van der Waals surface area contributed by atoms with Crippen LogP contribution in [0, 0.1) is 6.92 Å². The second-order valence-electron chi connectivity index (χ2n) is 3.12. The number of rotatable bonds is 2. The van der Waals surface area contributed by atoms with Crippen molar-refractivity contribution < 1.29 is 17.3 Å². The van der Waals surface area contributed by atoms with Crippen molar-refractivity contribution in [2.24, 2.45) is 0 Å². The number of nitrogens with zero attached hydrogens (tertiary/aromatic N) is 2. The fourth-order valence-corrected chi connectivity index (χ4v) is 1.21. The Bertz CT molecular complexity index is 462. The van der Waals surface area contributed by atoms with E-state index in [9.17, 15) is 0 Å². The van der Waals surface area contributed by atoms with Gasteiger partial charge in [-0.3, -0.25) is 0 Å². The summed E-state index contributed by atoms with van der Waals surface area (Å²) in [5.74, 6) is 0.919. The molecule has 2 aromatic rings. The van der Waals surface area contributed by atoms with Crippen molar-refractivity contribution in [1.29, 1.82) is 0 Å². The molecule has 0 atom stereocenters. The summed E-state index contributed by atoms with van der Waals surface area (Å²) in [5, 5.41) is 25.3. The predicted octanol–water partition coefficient (Wildman–Crippen LogP) is 0.217. The van der Waals surface area contributed by atoms with Crippen LogP contribution in [0.5, 0.6) is 0 Å².